The molecule has 5 nitrogen and oxygen atoms in total. The van der Waals surface area contributed by atoms with Gasteiger partial charge in [-0.2, -0.15) is 0 Å². The highest BCUT2D eigenvalue weighted by Gasteiger charge is 2.24. The minimum absolute atomic E-state index is 0.449. The van der Waals surface area contributed by atoms with E-state index in [2.05, 4.69) is 75.2 Å². The number of aliphatic imine (C=N–C) groups is 1. The molecule has 3 heterocycles. The summed E-state index contributed by atoms with van der Waals surface area (Å²) in [7, 11) is 0. The van der Waals surface area contributed by atoms with Crippen LogP contribution < -0.4 is 15.5 Å². The second kappa shape index (κ2) is 10.8. The molecule has 0 amide bonds. The third-order valence-electron chi connectivity index (χ3n) is 6.06. The summed E-state index contributed by atoms with van der Waals surface area (Å²) in [6.45, 7) is 9.55. The normalized spacial score (nSPS) is 23.0. The standard InChI is InChI=1S/C24H35N5S/c1-2-25-24(27-21-12-14-29(18-21)22-9-4-3-5-10-22)26-16-20-8-6-13-28(17-20)19-23-11-7-15-30-23/h3-5,7,9-11,15,20-21H,2,6,8,12-14,16-19H2,1H3,(H2,25,26,27). The monoisotopic (exact) mass is 425 g/mol. The van der Waals surface area contributed by atoms with Gasteiger partial charge in [0.25, 0.3) is 0 Å². The summed E-state index contributed by atoms with van der Waals surface area (Å²) < 4.78 is 0. The number of para-hydroxylation sites is 1. The molecule has 162 valence electrons. The molecule has 0 radical (unpaired) electrons. The van der Waals surface area contributed by atoms with Crippen molar-refractivity contribution >= 4 is 23.0 Å². The number of nitrogens with zero attached hydrogens (tertiary/aromatic N) is 3. The molecule has 0 aliphatic carbocycles. The maximum absolute atomic E-state index is 4.98. The van der Waals surface area contributed by atoms with Gasteiger partial charge in [-0.25, -0.2) is 0 Å². The number of nitrogens with one attached hydrogen (secondary N) is 2. The average molecular weight is 426 g/mol. The van der Waals surface area contributed by atoms with E-state index >= 15 is 0 Å². The van der Waals surface area contributed by atoms with Gasteiger partial charge >= 0.3 is 0 Å². The lowest BCUT2D eigenvalue weighted by Gasteiger charge is -2.31. The van der Waals surface area contributed by atoms with E-state index in [0.29, 0.717) is 12.0 Å². The highest BCUT2D eigenvalue weighted by Crippen LogP contribution is 2.21. The molecule has 4 rings (SSSR count). The summed E-state index contributed by atoms with van der Waals surface area (Å²) in [6, 6.07) is 15.6. The third kappa shape index (κ3) is 5.99. The Hall–Kier alpha value is -2.05. The van der Waals surface area contributed by atoms with Gasteiger partial charge in [-0.3, -0.25) is 9.89 Å². The number of likely N-dealkylation sites (tertiary alicyclic amines) is 1. The summed E-state index contributed by atoms with van der Waals surface area (Å²) in [4.78, 5) is 11.5. The van der Waals surface area contributed by atoms with Gasteiger partial charge in [-0.15, -0.1) is 11.3 Å². The number of hydrogen-bond donors (Lipinski definition) is 2. The predicted molar refractivity (Wildman–Crippen MR) is 128 cm³/mol. The van der Waals surface area contributed by atoms with Crippen molar-refractivity contribution in [3.05, 3.63) is 52.7 Å². The molecule has 0 saturated carbocycles. The summed E-state index contributed by atoms with van der Waals surface area (Å²) in [5.74, 6) is 1.63. The van der Waals surface area contributed by atoms with Crippen molar-refractivity contribution in [3.63, 3.8) is 0 Å². The smallest absolute Gasteiger partial charge is 0.191 e. The Labute approximate surface area is 185 Å². The number of guanidine groups is 1. The number of benzene rings is 1. The second-order valence-electron chi connectivity index (χ2n) is 8.45. The largest absolute Gasteiger partial charge is 0.369 e. The summed E-state index contributed by atoms with van der Waals surface area (Å²) >= 11 is 1.87. The average Bonchev–Trinajstić information content (AvgIpc) is 3.45. The lowest BCUT2D eigenvalue weighted by Crippen LogP contribution is -2.45. The number of rotatable bonds is 7. The van der Waals surface area contributed by atoms with Crippen LogP contribution in [0.3, 0.4) is 0 Å². The van der Waals surface area contributed by atoms with Crippen LogP contribution in [0.15, 0.2) is 52.8 Å². The molecule has 6 heteroatoms. The molecule has 2 unspecified atom stereocenters. The van der Waals surface area contributed by atoms with Crippen molar-refractivity contribution in [1.82, 2.24) is 15.5 Å². The maximum atomic E-state index is 4.98. The van der Waals surface area contributed by atoms with Gasteiger partial charge in [-0.1, -0.05) is 24.3 Å². The fourth-order valence-electron chi connectivity index (χ4n) is 4.55. The predicted octanol–water partition coefficient (Wildman–Crippen LogP) is 3.79. The molecule has 2 N–H and O–H groups in total. The van der Waals surface area contributed by atoms with Crippen LogP contribution in [0.1, 0.15) is 31.1 Å². The van der Waals surface area contributed by atoms with Crippen LogP contribution in [-0.2, 0) is 6.54 Å². The van der Waals surface area contributed by atoms with Crippen LogP contribution in [0.25, 0.3) is 0 Å². The fourth-order valence-corrected chi connectivity index (χ4v) is 5.30. The summed E-state index contributed by atoms with van der Waals surface area (Å²) in [5.41, 5.74) is 1.32. The molecule has 2 aliphatic heterocycles. The molecule has 2 saturated heterocycles. The highest BCUT2D eigenvalue weighted by molar-refractivity contribution is 7.09. The molecule has 0 spiro atoms. The van der Waals surface area contributed by atoms with E-state index in [1.165, 1.54) is 30.0 Å². The van der Waals surface area contributed by atoms with Gasteiger partial charge in [0.05, 0.1) is 0 Å². The van der Waals surface area contributed by atoms with Crippen molar-refractivity contribution < 1.29 is 0 Å². The first kappa shape index (κ1) is 21.2. The summed E-state index contributed by atoms with van der Waals surface area (Å²) in [6.07, 6.45) is 3.72. The number of anilines is 1. The quantitative estimate of drug-likeness (QED) is 0.523. The van der Waals surface area contributed by atoms with Crippen LogP contribution in [0.2, 0.25) is 0 Å². The molecule has 0 bridgehead atoms. The first-order valence-corrected chi connectivity index (χ1v) is 12.3. The lowest BCUT2D eigenvalue weighted by atomic mass is 9.98. The lowest BCUT2D eigenvalue weighted by molar-refractivity contribution is 0.172. The van der Waals surface area contributed by atoms with E-state index in [-0.39, 0.29) is 0 Å². The first-order chi connectivity index (χ1) is 14.8. The minimum Gasteiger partial charge on any atom is -0.369 e. The van der Waals surface area contributed by atoms with Gasteiger partial charge in [-0.05, 0) is 62.2 Å². The zero-order chi connectivity index (χ0) is 20.6. The van der Waals surface area contributed by atoms with Crippen LogP contribution >= 0.6 is 11.3 Å². The van der Waals surface area contributed by atoms with Gasteiger partial charge < -0.3 is 15.5 Å². The SMILES string of the molecule is CCNC(=NCC1CCCN(Cc2cccs2)C1)NC1CCN(c2ccccc2)C1. The Morgan fingerprint density at radius 1 is 1.10 bits per heavy atom. The number of piperidine rings is 1. The Morgan fingerprint density at radius 2 is 2.00 bits per heavy atom. The second-order valence-corrected chi connectivity index (χ2v) is 9.49. The van der Waals surface area contributed by atoms with E-state index in [9.17, 15) is 0 Å². The fraction of sp³-hybridized carbons (Fsp3) is 0.542. The van der Waals surface area contributed by atoms with Gasteiger partial charge in [0, 0.05) is 55.9 Å². The molecule has 2 fully saturated rings. The Balaban J connectivity index is 1.28. The van der Waals surface area contributed by atoms with Crippen LogP contribution in [0, 0.1) is 5.92 Å². The molecule has 1 aromatic carbocycles. The first-order valence-electron chi connectivity index (χ1n) is 11.4. The van der Waals surface area contributed by atoms with Crippen molar-refractivity contribution in [2.75, 3.05) is 44.2 Å². The van der Waals surface area contributed by atoms with Crippen molar-refractivity contribution in [3.8, 4) is 0 Å². The Bertz CT molecular complexity index is 776. The molecule has 2 aromatic rings. The molecule has 30 heavy (non-hydrogen) atoms. The number of hydrogen-bond acceptors (Lipinski definition) is 4. The van der Waals surface area contributed by atoms with Crippen molar-refractivity contribution in [2.45, 2.75) is 38.8 Å². The molecular weight excluding hydrogens is 390 g/mol. The molecule has 1 aromatic heterocycles. The van der Waals surface area contributed by atoms with Crippen LogP contribution in [-0.4, -0.2) is 56.2 Å². The van der Waals surface area contributed by atoms with Crippen LogP contribution in [0.4, 0.5) is 5.69 Å². The van der Waals surface area contributed by atoms with Gasteiger partial charge in [0.1, 0.15) is 0 Å². The van der Waals surface area contributed by atoms with Crippen molar-refractivity contribution in [1.29, 1.82) is 0 Å². The van der Waals surface area contributed by atoms with Gasteiger partial charge in [0.2, 0.25) is 0 Å². The van der Waals surface area contributed by atoms with E-state index in [1.807, 2.05) is 11.3 Å². The van der Waals surface area contributed by atoms with Crippen molar-refractivity contribution in [2.24, 2.45) is 10.9 Å². The van der Waals surface area contributed by atoms with E-state index in [0.717, 1.165) is 51.6 Å². The topological polar surface area (TPSA) is 42.9 Å². The maximum Gasteiger partial charge on any atom is 0.191 e. The van der Waals surface area contributed by atoms with Gasteiger partial charge in [0.15, 0.2) is 5.96 Å². The Morgan fingerprint density at radius 3 is 2.80 bits per heavy atom. The Kier molecular flexibility index (Phi) is 7.65. The van der Waals surface area contributed by atoms with E-state index in [1.54, 1.807) is 0 Å². The highest BCUT2D eigenvalue weighted by atomic mass is 32.1. The minimum atomic E-state index is 0.449. The zero-order valence-electron chi connectivity index (χ0n) is 18.1. The molecular formula is C24H35N5S. The molecule has 2 aliphatic rings. The van der Waals surface area contributed by atoms with E-state index < -0.39 is 0 Å². The van der Waals surface area contributed by atoms with Crippen LogP contribution in [0.5, 0.6) is 0 Å². The zero-order valence-corrected chi connectivity index (χ0v) is 18.9. The van der Waals surface area contributed by atoms with E-state index in [4.69, 9.17) is 4.99 Å². The number of thiophene rings is 1. The summed E-state index contributed by atoms with van der Waals surface area (Å²) in [5, 5.41) is 9.33. The third-order valence-corrected chi connectivity index (χ3v) is 6.93. The molecule has 2 atom stereocenters.